The largest absolute Gasteiger partial charge is 0.343 e. The van der Waals surface area contributed by atoms with Gasteiger partial charge >= 0.3 is 0 Å². The van der Waals surface area contributed by atoms with Crippen LogP contribution in [0.15, 0.2) is 29.2 Å². The first-order valence-corrected chi connectivity index (χ1v) is 7.46. The van der Waals surface area contributed by atoms with E-state index < -0.39 is 0 Å². The van der Waals surface area contributed by atoms with Gasteiger partial charge in [-0.2, -0.15) is 5.10 Å². The van der Waals surface area contributed by atoms with Crippen LogP contribution < -0.4 is 5.43 Å². The van der Waals surface area contributed by atoms with Crippen LogP contribution in [0.3, 0.4) is 0 Å². The van der Waals surface area contributed by atoms with Crippen molar-refractivity contribution in [3.05, 3.63) is 39.6 Å². The van der Waals surface area contributed by atoms with Crippen LogP contribution in [0.5, 0.6) is 0 Å². The van der Waals surface area contributed by atoms with Crippen LogP contribution in [-0.2, 0) is 11.3 Å². The summed E-state index contributed by atoms with van der Waals surface area (Å²) in [5.74, 6) is 0.148. The number of fused-ring (bicyclic) bond motifs is 1. The number of amides is 1. The van der Waals surface area contributed by atoms with Crippen LogP contribution in [0.2, 0.25) is 5.02 Å². The van der Waals surface area contributed by atoms with Crippen molar-refractivity contribution in [3.63, 3.8) is 0 Å². The third-order valence-electron chi connectivity index (χ3n) is 3.81. The highest BCUT2D eigenvalue weighted by Crippen LogP contribution is 2.16. The molecule has 0 atom stereocenters. The summed E-state index contributed by atoms with van der Waals surface area (Å²) in [7, 11) is 0. The number of hydrogen-bond donors (Lipinski definition) is 0. The first-order chi connectivity index (χ1) is 10.1. The predicted molar refractivity (Wildman–Crippen MR) is 81.4 cm³/mol. The third-order valence-corrected chi connectivity index (χ3v) is 4.05. The van der Waals surface area contributed by atoms with Crippen molar-refractivity contribution in [2.45, 2.75) is 25.8 Å². The Balaban J connectivity index is 1.82. The molecule has 1 aliphatic heterocycles. The molecule has 6 heteroatoms. The lowest BCUT2D eigenvalue weighted by atomic mass is 10.2. The fourth-order valence-corrected chi connectivity index (χ4v) is 2.86. The average molecular weight is 306 g/mol. The molecule has 1 fully saturated rings. The van der Waals surface area contributed by atoms with Gasteiger partial charge in [0.15, 0.2) is 0 Å². The molecule has 1 aromatic heterocycles. The first-order valence-electron chi connectivity index (χ1n) is 7.08. The van der Waals surface area contributed by atoms with Gasteiger partial charge < -0.3 is 4.90 Å². The predicted octanol–water partition coefficient (Wildman–Crippen LogP) is 2.06. The molecule has 21 heavy (non-hydrogen) atoms. The van der Waals surface area contributed by atoms with E-state index in [1.165, 1.54) is 6.20 Å². The highest BCUT2D eigenvalue weighted by molar-refractivity contribution is 6.31. The fraction of sp³-hybridized carbons (Fsp3) is 0.400. The maximum absolute atomic E-state index is 12.1. The fourth-order valence-electron chi connectivity index (χ4n) is 2.69. The highest BCUT2D eigenvalue weighted by atomic mass is 35.5. The van der Waals surface area contributed by atoms with E-state index in [4.69, 9.17) is 11.6 Å². The van der Waals surface area contributed by atoms with Crippen LogP contribution in [0.4, 0.5) is 0 Å². The molecule has 0 radical (unpaired) electrons. The van der Waals surface area contributed by atoms with Crippen molar-refractivity contribution in [3.8, 4) is 0 Å². The molecule has 1 amide bonds. The molecule has 0 saturated carbocycles. The van der Waals surface area contributed by atoms with Gasteiger partial charge in [-0.1, -0.05) is 11.6 Å². The summed E-state index contributed by atoms with van der Waals surface area (Å²) in [6, 6.07) is 5.13. The Morgan fingerprint density at radius 2 is 2.05 bits per heavy atom. The summed E-state index contributed by atoms with van der Waals surface area (Å²) in [5.41, 5.74) is 0.552. The maximum atomic E-state index is 12.1. The van der Waals surface area contributed by atoms with Gasteiger partial charge in [0.1, 0.15) is 0 Å². The molecule has 5 nitrogen and oxygen atoms in total. The standard InChI is InChI=1S/C15H16ClN3O2/c16-11-3-4-13-12(9-11)14(20)10-17-19(13)8-5-15(21)18-6-1-2-7-18/h3-4,9-10H,1-2,5-8H2. The van der Waals surface area contributed by atoms with E-state index in [0.717, 1.165) is 25.9 Å². The number of rotatable bonds is 3. The zero-order chi connectivity index (χ0) is 14.8. The lowest BCUT2D eigenvalue weighted by Crippen LogP contribution is -2.28. The molecule has 2 aromatic rings. The van der Waals surface area contributed by atoms with Gasteiger partial charge in [-0.05, 0) is 31.0 Å². The number of likely N-dealkylation sites (tertiary alicyclic amines) is 1. The molecule has 1 aromatic carbocycles. The Labute approximate surface area is 127 Å². The van der Waals surface area contributed by atoms with Crippen molar-refractivity contribution in [1.82, 2.24) is 14.7 Å². The minimum absolute atomic E-state index is 0.148. The molecule has 110 valence electrons. The Morgan fingerprint density at radius 1 is 1.29 bits per heavy atom. The van der Waals surface area contributed by atoms with E-state index in [-0.39, 0.29) is 11.3 Å². The second-order valence-electron chi connectivity index (χ2n) is 5.23. The lowest BCUT2D eigenvalue weighted by Gasteiger charge is -2.16. The number of aromatic nitrogens is 2. The summed E-state index contributed by atoms with van der Waals surface area (Å²) < 4.78 is 1.70. The smallest absolute Gasteiger partial charge is 0.224 e. The van der Waals surface area contributed by atoms with Crippen LogP contribution in [0.1, 0.15) is 19.3 Å². The van der Waals surface area contributed by atoms with Gasteiger partial charge in [-0.25, -0.2) is 0 Å². The lowest BCUT2D eigenvalue weighted by molar-refractivity contribution is -0.130. The van der Waals surface area contributed by atoms with Gasteiger partial charge in [-0.15, -0.1) is 0 Å². The first kappa shape index (κ1) is 14.1. The Bertz CT molecular complexity index is 735. The number of hydrogen-bond acceptors (Lipinski definition) is 3. The van der Waals surface area contributed by atoms with E-state index in [1.54, 1.807) is 22.9 Å². The Kier molecular flexibility index (Phi) is 3.92. The number of carbonyl (C=O) groups is 1. The second kappa shape index (κ2) is 5.85. The van der Waals surface area contributed by atoms with Gasteiger partial charge in [0.05, 0.1) is 23.6 Å². The summed E-state index contributed by atoms with van der Waals surface area (Å²) >= 11 is 5.93. The summed E-state index contributed by atoms with van der Waals surface area (Å²) in [4.78, 5) is 25.8. The van der Waals surface area contributed by atoms with Crippen LogP contribution in [-0.4, -0.2) is 33.7 Å². The maximum Gasteiger partial charge on any atom is 0.224 e. The normalized spacial score (nSPS) is 14.8. The van der Waals surface area contributed by atoms with Crippen LogP contribution in [0, 0.1) is 0 Å². The van der Waals surface area contributed by atoms with Crippen LogP contribution >= 0.6 is 11.6 Å². The van der Waals surface area contributed by atoms with Crippen molar-refractivity contribution in [2.24, 2.45) is 0 Å². The SMILES string of the molecule is O=C(CCn1ncc(=O)c2cc(Cl)ccc21)N1CCCC1. The summed E-state index contributed by atoms with van der Waals surface area (Å²) in [5, 5.41) is 5.18. The number of aryl methyl sites for hydroxylation is 1. The van der Waals surface area contributed by atoms with Crippen molar-refractivity contribution >= 4 is 28.4 Å². The Hall–Kier alpha value is -1.88. The molecule has 1 aliphatic rings. The number of halogens is 1. The summed E-state index contributed by atoms with van der Waals surface area (Å²) in [6.07, 6.45) is 3.85. The monoisotopic (exact) mass is 305 g/mol. The minimum Gasteiger partial charge on any atom is -0.343 e. The molecule has 0 spiro atoms. The van der Waals surface area contributed by atoms with Gasteiger partial charge in [-0.3, -0.25) is 14.3 Å². The zero-order valence-corrected chi connectivity index (χ0v) is 12.3. The minimum atomic E-state index is -0.158. The molecule has 1 saturated heterocycles. The van der Waals surface area contributed by atoms with Crippen LogP contribution in [0.25, 0.3) is 10.9 Å². The second-order valence-corrected chi connectivity index (χ2v) is 5.67. The third kappa shape index (κ3) is 2.93. The van der Waals surface area contributed by atoms with Crippen molar-refractivity contribution in [2.75, 3.05) is 13.1 Å². The quantitative estimate of drug-likeness (QED) is 0.872. The van der Waals surface area contributed by atoms with Gasteiger partial charge in [0, 0.05) is 24.5 Å². The molecule has 0 unspecified atom stereocenters. The molecule has 0 bridgehead atoms. The molecule has 3 rings (SSSR count). The van der Waals surface area contributed by atoms with Crippen molar-refractivity contribution in [1.29, 1.82) is 0 Å². The molecule has 0 N–H and O–H groups in total. The van der Waals surface area contributed by atoms with E-state index in [0.29, 0.717) is 28.9 Å². The zero-order valence-electron chi connectivity index (χ0n) is 11.6. The molecular formula is C15H16ClN3O2. The molecule has 0 aliphatic carbocycles. The number of benzene rings is 1. The number of nitrogens with zero attached hydrogens (tertiary/aromatic N) is 3. The number of carbonyl (C=O) groups excluding carboxylic acids is 1. The van der Waals surface area contributed by atoms with Gasteiger partial charge in [0.2, 0.25) is 11.3 Å². The Morgan fingerprint density at radius 3 is 2.81 bits per heavy atom. The van der Waals surface area contributed by atoms with E-state index in [1.807, 2.05) is 4.90 Å². The summed E-state index contributed by atoms with van der Waals surface area (Å²) in [6.45, 7) is 2.17. The van der Waals surface area contributed by atoms with E-state index >= 15 is 0 Å². The molecular weight excluding hydrogens is 290 g/mol. The van der Waals surface area contributed by atoms with Gasteiger partial charge in [0.25, 0.3) is 0 Å². The topological polar surface area (TPSA) is 55.2 Å². The highest BCUT2D eigenvalue weighted by Gasteiger charge is 2.17. The van der Waals surface area contributed by atoms with Crippen molar-refractivity contribution < 1.29 is 4.79 Å². The molecule has 2 heterocycles. The van der Waals surface area contributed by atoms with E-state index in [9.17, 15) is 9.59 Å². The average Bonchev–Trinajstić information content (AvgIpc) is 3.01. The van der Waals surface area contributed by atoms with E-state index in [2.05, 4.69) is 5.10 Å².